The first-order chi connectivity index (χ1) is 17.0. The summed E-state index contributed by atoms with van der Waals surface area (Å²) in [6.45, 7) is 13.1. The zero-order valence-corrected chi connectivity index (χ0v) is 21.5. The van der Waals surface area contributed by atoms with Gasteiger partial charge in [0.1, 0.15) is 11.9 Å². The van der Waals surface area contributed by atoms with E-state index in [0.29, 0.717) is 13.0 Å². The summed E-state index contributed by atoms with van der Waals surface area (Å²) in [5, 5.41) is 5.91. The first kappa shape index (κ1) is 26.8. The van der Waals surface area contributed by atoms with E-state index in [2.05, 4.69) is 22.0 Å². The van der Waals surface area contributed by atoms with Crippen molar-refractivity contribution in [3.63, 3.8) is 0 Å². The summed E-state index contributed by atoms with van der Waals surface area (Å²) >= 11 is 0. The number of aromatic nitrogens is 2. The molecule has 0 aliphatic carbocycles. The Morgan fingerprint density at radius 1 is 1.56 bits per heavy atom. The van der Waals surface area contributed by atoms with Crippen LogP contribution in [0.25, 0.3) is 0 Å². The highest BCUT2D eigenvalue weighted by molar-refractivity contribution is 7.44. The molecule has 5 atom stereocenters. The molecule has 1 aliphatic rings. The standard InChI is InChI=1S/C21H34FN4O5P.CH4O/c1-8-9-12-29-32(26(13(2)3)14(4)5)31-19-15(6)30-20(18(19)22)25-11-10-17(23-16(7)27)24-21(25)28;1-2/h8,10-11,13-15,18-20H,1,9,12H2,2-7H3,(H,23,24,27,28);2H,1H3/i6D;2T. The van der Waals surface area contributed by atoms with Crippen molar-refractivity contribution < 1.29 is 29.4 Å². The normalized spacial score (nSPS) is 23.8. The predicted molar refractivity (Wildman–Crippen MR) is 130 cm³/mol. The van der Waals surface area contributed by atoms with E-state index < -0.39 is 38.8 Å². The van der Waals surface area contributed by atoms with Crippen molar-refractivity contribution >= 4 is 20.3 Å². The second-order valence-electron chi connectivity index (χ2n) is 7.98. The zero-order valence-electron chi connectivity index (χ0n) is 22.6. The number of alkyl halides is 1. The van der Waals surface area contributed by atoms with Crippen molar-refractivity contribution in [2.24, 2.45) is 0 Å². The van der Waals surface area contributed by atoms with Crippen LogP contribution in [0, 0.1) is 0 Å². The molecule has 194 valence electrons. The Bertz CT molecular complexity index is 873. The van der Waals surface area contributed by atoms with Crippen LogP contribution in [0.15, 0.2) is 29.7 Å². The van der Waals surface area contributed by atoms with Gasteiger partial charge in [-0.2, -0.15) is 4.98 Å². The lowest BCUT2D eigenvalue weighted by atomic mass is 10.2. The van der Waals surface area contributed by atoms with Gasteiger partial charge in [0.25, 0.3) is 8.53 Å². The Balaban J connectivity index is 0.00000205. The quantitative estimate of drug-likeness (QED) is 0.266. The van der Waals surface area contributed by atoms with Crippen molar-refractivity contribution in [2.75, 3.05) is 19.0 Å². The molecule has 2 heterocycles. The van der Waals surface area contributed by atoms with Crippen LogP contribution < -0.4 is 11.0 Å². The van der Waals surface area contributed by atoms with Crippen molar-refractivity contribution in [1.29, 1.82) is 1.43 Å². The first-order valence-corrected chi connectivity index (χ1v) is 12.1. The Labute approximate surface area is 205 Å². The molecule has 0 saturated carbocycles. The van der Waals surface area contributed by atoms with Crippen LogP contribution in [-0.4, -0.2) is 70.8 Å². The molecule has 1 fully saturated rings. The summed E-state index contributed by atoms with van der Waals surface area (Å²) in [5.41, 5.74) is -0.784. The number of aliphatic hydroxyl groups is 1. The zero-order chi connectivity index (χ0) is 27.4. The maximum absolute atomic E-state index is 15.6. The second kappa shape index (κ2) is 14.6. The third-order valence-corrected chi connectivity index (χ3v) is 6.79. The van der Waals surface area contributed by atoms with Gasteiger partial charge in [-0.1, -0.05) is 6.08 Å². The van der Waals surface area contributed by atoms with E-state index in [1.54, 1.807) is 6.08 Å². The highest BCUT2D eigenvalue weighted by Crippen LogP contribution is 2.50. The molecule has 12 heteroatoms. The summed E-state index contributed by atoms with van der Waals surface area (Å²) in [4.78, 5) is 27.4. The van der Waals surface area contributed by atoms with Crippen LogP contribution in [0.2, 0.25) is 0 Å². The van der Waals surface area contributed by atoms with Gasteiger partial charge in [-0.05, 0) is 47.1 Å². The molecule has 0 radical (unpaired) electrons. The number of ether oxygens (including phenoxy) is 1. The van der Waals surface area contributed by atoms with E-state index in [9.17, 15) is 9.59 Å². The van der Waals surface area contributed by atoms with Gasteiger partial charge >= 0.3 is 5.69 Å². The predicted octanol–water partition coefficient (Wildman–Crippen LogP) is 3.39. The van der Waals surface area contributed by atoms with Gasteiger partial charge in [-0.25, -0.2) is 13.9 Å². The van der Waals surface area contributed by atoms with Crippen molar-refractivity contribution in [1.82, 2.24) is 14.2 Å². The van der Waals surface area contributed by atoms with Gasteiger partial charge in [0.15, 0.2) is 12.4 Å². The minimum Gasteiger partial charge on any atom is -0.400 e. The Kier molecular flexibility index (Phi) is 11.5. The van der Waals surface area contributed by atoms with E-state index in [1.165, 1.54) is 26.3 Å². The van der Waals surface area contributed by atoms with E-state index >= 15 is 4.39 Å². The molecule has 0 spiro atoms. The fourth-order valence-electron chi connectivity index (χ4n) is 3.34. The van der Waals surface area contributed by atoms with Crippen LogP contribution in [0.1, 0.15) is 55.5 Å². The molecule has 2 N–H and O–H groups in total. The van der Waals surface area contributed by atoms with Crippen LogP contribution in [-0.2, 0) is 18.6 Å². The number of halogens is 1. The topological polar surface area (TPSA) is 115 Å². The first-order valence-electron chi connectivity index (χ1n) is 12.1. The third kappa shape index (κ3) is 8.18. The van der Waals surface area contributed by atoms with E-state index in [0.717, 1.165) is 4.57 Å². The molecule has 2 rings (SSSR count). The number of aliphatic hydroxyl groups excluding tert-OH is 1. The lowest BCUT2D eigenvalue weighted by Gasteiger charge is -2.37. The van der Waals surface area contributed by atoms with Gasteiger partial charge < -0.3 is 24.2 Å². The largest absolute Gasteiger partial charge is 0.400 e. The van der Waals surface area contributed by atoms with Gasteiger partial charge in [0.2, 0.25) is 7.34 Å². The number of nitrogens with one attached hydrogen (secondary N) is 1. The molecular formula is C22H38FN4O6P. The Morgan fingerprint density at radius 2 is 2.21 bits per heavy atom. The monoisotopic (exact) mass is 507 g/mol. The fourth-order valence-corrected chi connectivity index (χ4v) is 5.12. The molecule has 10 nitrogen and oxygen atoms in total. The molecule has 1 aromatic heterocycles. The third-order valence-electron chi connectivity index (χ3n) is 4.66. The summed E-state index contributed by atoms with van der Waals surface area (Å²) in [6, 6.07) is 1.52. The minimum absolute atomic E-state index is 0.0608. The van der Waals surface area contributed by atoms with Gasteiger partial charge in [-0.3, -0.25) is 9.36 Å². The summed E-state index contributed by atoms with van der Waals surface area (Å²) in [6.07, 6.45) is -1.41. The maximum atomic E-state index is 15.6. The lowest BCUT2D eigenvalue weighted by molar-refractivity contribution is -0.114. The molecule has 1 aromatic rings. The number of anilines is 1. The highest BCUT2D eigenvalue weighted by atomic mass is 31.2. The van der Waals surface area contributed by atoms with Gasteiger partial charge in [0, 0.05) is 33.7 Å². The average Bonchev–Trinajstić information content (AvgIpc) is 3.09. The number of carbonyl (C=O) groups excluding carboxylic acids is 1. The second-order valence-corrected chi connectivity index (χ2v) is 9.39. The van der Waals surface area contributed by atoms with Gasteiger partial charge in [0.05, 0.1) is 12.7 Å². The van der Waals surface area contributed by atoms with Crippen LogP contribution in [0.5, 0.6) is 0 Å². The number of nitrogens with zero attached hydrogens (tertiary/aromatic N) is 3. The molecule has 1 aliphatic heterocycles. The minimum atomic E-state index is -1.74. The van der Waals surface area contributed by atoms with Crippen molar-refractivity contribution in [3.05, 3.63) is 35.4 Å². The molecule has 0 aromatic carbocycles. The van der Waals surface area contributed by atoms with E-state index in [-0.39, 0.29) is 30.7 Å². The number of amides is 1. The number of hydrogen-bond donors (Lipinski definition) is 2. The number of rotatable bonds is 11. The Hall–Kier alpha value is -1.75. The Morgan fingerprint density at radius 3 is 2.71 bits per heavy atom. The molecule has 0 bridgehead atoms. The summed E-state index contributed by atoms with van der Waals surface area (Å²) in [5.74, 6) is -0.321. The SMILES string of the molecule is [2H]CC1OC(n2ccc(NC(C)=O)nc2=O)C(F)C1OP(OCCC=C)N(C(C)C)C(C)C.[3H]OC. The van der Waals surface area contributed by atoms with Crippen LogP contribution >= 0.6 is 8.53 Å². The molecule has 34 heavy (non-hydrogen) atoms. The summed E-state index contributed by atoms with van der Waals surface area (Å²) < 4.78 is 50.0. The lowest BCUT2D eigenvalue weighted by Crippen LogP contribution is -2.38. The van der Waals surface area contributed by atoms with Crippen LogP contribution in [0.4, 0.5) is 10.2 Å². The van der Waals surface area contributed by atoms with Gasteiger partial charge in [-0.15, -0.1) is 6.58 Å². The number of carbonyl (C=O) groups is 1. The highest BCUT2D eigenvalue weighted by Gasteiger charge is 2.47. The van der Waals surface area contributed by atoms with Crippen LogP contribution in [0.3, 0.4) is 0 Å². The number of hydrogen-bond acceptors (Lipinski definition) is 8. The summed E-state index contributed by atoms with van der Waals surface area (Å²) in [7, 11) is -0.372. The maximum Gasteiger partial charge on any atom is 0.351 e. The molecule has 1 saturated heterocycles. The average molecular weight is 508 g/mol. The fraction of sp³-hybridized carbons (Fsp3) is 0.682. The van der Waals surface area contributed by atoms with Crippen molar-refractivity contribution in [2.45, 2.75) is 84.6 Å². The molecule has 1 amide bonds. The smallest absolute Gasteiger partial charge is 0.351 e. The molecular weight excluding hydrogens is 466 g/mol. The van der Waals surface area contributed by atoms with E-state index in [4.69, 9.17) is 16.6 Å². The molecule has 5 unspecified atom stereocenters. The van der Waals surface area contributed by atoms with E-state index in [1.807, 2.05) is 32.4 Å². The van der Waals surface area contributed by atoms with Crippen molar-refractivity contribution in [3.8, 4) is 0 Å².